The molecule has 7 N–H and O–H groups in total. The summed E-state index contributed by atoms with van der Waals surface area (Å²) in [6, 6.07) is 14.4. The number of nitrogens with zero attached hydrogens (tertiary/aromatic N) is 2. The van der Waals surface area contributed by atoms with Gasteiger partial charge in [-0.05, 0) is 81.1 Å². The number of rotatable bonds is 14. The number of amidine groups is 2. The molecule has 0 fully saturated rings. The molecule has 0 aliphatic heterocycles. The molecule has 0 saturated carbocycles. The zero-order chi connectivity index (χ0) is 25.2. The van der Waals surface area contributed by atoms with Gasteiger partial charge in [0, 0.05) is 36.1 Å². The average molecular weight is 478 g/mol. The lowest BCUT2D eigenvalue weighted by molar-refractivity contribution is 0.301. The maximum atomic E-state index is 8.51. The van der Waals surface area contributed by atoms with Gasteiger partial charge in [0.05, 0.1) is 13.2 Å². The van der Waals surface area contributed by atoms with Crippen molar-refractivity contribution in [1.29, 1.82) is 16.2 Å². The fourth-order valence-electron chi connectivity index (χ4n) is 3.73. The van der Waals surface area contributed by atoms with Crippen LogP contribution in [0.2, 0.25) is 0 Å². The van der Waals surface area contributed by atoms with Crippen LogP contribution in [0.25, 0.3) is 0 Å². The van der Waals surface area contributed by atoms with Crippen LogP contribution in [0.4, 0.5) is 0 Å². The molecule has 0 spiro atoms. The number of hydrogen-bond donors (Lipinski definition) is 5. The molecule has 0 amide bonds. The molecule has 2 aromatic carbocycles. The molecule has 0 bridgehead atoms. The van der Waals surface area contributed by atoms with E-state index in [9.17, 15) is 0 Å². The minimum Gasteiger partial charge on any atom is -0.494 e. The first-order valence-electron chi connectivity index (χ1n) is 11.8. The molecule has 0 aliphatic rings. The second-order valence-corrected chi connectivity index (χ2v) is 8.43. The predicted octanol–water partition coefficient (Wildman–Crippen LogP) is 3.36. The van der Waals surface area contributed by atoms with E-state index in [0.717, 1.165) is 56.0 Å². The Kier molecular flexibility index (Phi) is 9.11. The Hall–Kier alpha value is -4.01. The van der Waals surface area contributed by atoms with Crippen LogP contribution < -0.4 is 26.6 Å². The Morgan fingerprint density at radius 3 is 1.66 bits per heavy atom. The lowest BCUT2D eigenvalue weighted by Gasteiger charge is -2.09. The van der Waals surface area contributed by atoms with Crippen LogP contribution >= 0.6 is 0 Å². The van der Waals surface area contributed by atoms with Crippen molar-refractivity contribution in [2.75, 3.05) is 13.2 Å². The molecule has 1 aromatic heterocycles. The summed E-state index contributed by atoms with van der Waals surface area (Å²) in [5.41, 5.74) is 13.9. The van der Waals surface area contributed by atoms with Crippen molar-refractivity contribution in [3.8, 4) is 11.5 Å². The van der Waals surface area contributed by atoms with Gasteiger partial charge >= 0.3 is 0 Å². The second kappa shape index (κ2) is 12.5. The molecule has 35 heavy (non-hydrogen) atoms. The third kappa shape index (κ3) is 7.49. The average Bonchev–Trinajstić information content (AvgIpc) is 3.11. The number of aryl methyl sites for hydroxylation is 2. The Bertz CT molecular complexity index is 1180. The van der Waals surface area contributed by atoms with Crippen molar-refractivity contribution in [1.82, 2.24) is 9.13 Å². The number of nitrogen functional groups attached to an aromatic ring is 2. The zero-order valence-electron chi connectivity index (χ0n) is 20.2. The molecule has 0 atom stereocenters. The molecule has 3 aromatic rings. The van der Waals surface area contributed by atoms with Crippen molar-refractivity contribution in [2.45, 2.75) is 45.7 Å². The van der Waals surface area contributed by atoms with Gasteiger partial charge in [-0.25, -0.2) is 0 Å². The van der Waals surface area contributed by atoms with Gasteiger partial charge < -0.3 is 30.1 Å². The number of benzene rings is 2. The summed E-state index contributed by atoms with van der Waals surface area (Å²) in [4.78, 5) is 0. The Balaban J connectivity index is 1.35. The first kappa shape index (κ1) is 25.6. The van der Waals surface area contributed by atoms with Gasteiger partial charge in [-0.2, -0.15) is 0 Å². The van der Waals surface area contributed by atoms with Crippen LogP contribution in [0, 0.1) is 23.2 Å². The molecular weight excluding hydrogens is 442 g/mol. The monoisotopic (exact) mass is 477 g/mol. The van der Waals surface area contributed by atoms with Crippen molar-refractivity contribution >= 4 is 11.7 Å². The SMILES string of the molecule is Cc1cn(CCCCOc2ccc(C(=N)N)cc2)c(=N)n1CCCCOc1ccc(C(=N)N)cc1. The van der Waals surface area contributed by atoms with Crippen molar-refractivity contribution < 1.29 is 9.47 Å². The fraction of sp³-hybridized carbons (Fsp3) is 0.346. The highest BCUT2D eigenvalue weighted by Crippen LogP contribution is 2.13. The maximum Gasteiger partial charge on any atom is 0.202 e. The fourth-order valence-corrected chi connectivity index (χ4v) is 3.73. The van der Waals surface area contributed by atoms with E-state index >= 15 is 0 Å². The van der Waals surface area contributed by atoms with Gasteiger partial charge in [0.2, 0.25) is 5.62 Å². The predicted molar refractivity (Wildman–Crippen MR) is 137 cm³/mol. The van der Waals surface area contributed by atoms with Crippen LogP contribution in [0.5, 0.6) is 11.5 Å². The van der Waals surface area contributed by atoms with Crippen LogP contribution in [0.1, 0.15) is 42.5 Å². The minimum absolute atomic E-state index is 0.0487. The summed E-state index contributed by atoms with van der Waals surface area (Å²) in [6.45, 7) is 4.80. The first-order valence-corrected chi connectivity index (χ1v) is 11.8. The first-order chi connectivity index (χ1) is 16.8. The Morgan fingerprint density at radius 1 is 0.743 bits per heavy atom. The lowest BCUT2D eigenvalue weighted by atomic mass is 10.2. The minimum atomic E-state index is 0.0487. The highest BCUT2D eigenvalue weighted by atomic mass is 16.5. The van der Waals surface area contributed by atoms with E-state index in [2.05, 4.69) is 0 Å². The van der Waals surface area contributed by atoms with E-state index in [4.69, 9.17) is 37.2 Å². The molecule has 0 unspecified atom stereocenters. The smallest absolute Gasteiger partial charge is 0.202 e. The molecule has 9 heteroatoms. The van der Waals surface area contributed by atoms with Crippen LogP contribution in [-0.4, -0.2) is 34.0 Å². The van der Waals surface area contributed by atoms with Crippen LogP contribution in [0.3, 0.4) is 0 Å². The van der Waals surface area contributed by atoms with E-state index in [1.54, 1.807) is 24.3 Å². The number of hydrogen-bond acceptors (Lipinski definition) is 5. The number of unbranched alkanes of at least 4 members (excludes halogenated alkanes) is 2. The summed E-state index contributed by atoms with van der Waals surface area (Å²) in [7, 11) is 0. The standard InChI is InChI=1S/C26H35N7O2/c1-19-18-32(14-2-4-16-34-22-10-6-20(7-11-22)24(27)28)26(31)33(19)15-3-5-17-35-23-12-8-21(9-13-23)25(29)30/h6-13,18,31H,2-5,14-17H2,1H3,(H3,27,28)(H3,29,30). The topological polar surface area (TPSA) is 152 Å². The van der Waals surface area contributed by atoms with E-state index in [1.165, 1.54) is 0 Å². The molecule has 1 heterocycles. The largest absolute Gasteiger partial charge is 0.494 e. The summed E-state index contributed by atoms with van der Waals surface area (Å²) in [6.07, 6.45) is 5.65. The molecule has 0 aliphatic carbocycles. The Labute approximate surface area is 205 Å². The molecule has 9 nitrogen and oxygen atoms in total. The Morgan fingerprint density at radius 2 is 1.20 bits per heavy atom. The van der Waals surface area contributed by atoms with Crippen LogP contribution in [-0.2, 0) is 13.1 Å². The van der Waals surface area contributed by atoms with Gasteiger partial charge in [0.1, 0.15) is 23.2 Å². The van der Waals surface area contributed by atoms with Crippen molar-refractivity contribution in [3.63, 3.8) is 0 Å². The quantitative estimate of drug-likeness (QED) is 0.137. The van der Waals surface area contributed by atoms with Crippen molar-refractivity contribution in [2.24, 2.45) is 11.5 Å². The summed E-state index contributed by atoms with van der Waals surface area (Å²) in [5, 5.41) is 23.4. The third-order valence-corrected chi connectivity index (χ3v) is 5.73. The van der Waals surface area contributed by atoms with Crippen molar-refractivity contribution in [3.05, 3.63) is 77.2 Å². The van der Waals surface area contributed by atoms with Gasteiger partial charge in [-0.3, -0.25) is 16.2 Å². The highest BCUT2D eigenvalue weighted by Gasteiger charge is 2.06. The number of nitrogens with one attached hydrogen (secondary N) is 3. The molecule has 0 radical (unpaired) electrons. The van der Waals surface area contributed by atoms with Crippen LogP contribution in [0.15, 0.2) is 54.7 Å². The second-order valence-electron chi connectivity index (χ2n) is 8.43. The van der Waals surface area contributed by atoms with Gasteiger partial charge in [0.25, 0.3) is 0 Å². The number of imidazole rings is 1. The van der Waals surface area contributed by atoms with E-state index in [-0.39, 0.29) is 11.7 Å². The normalized spacial score (nSPS) is 10.8. The number of aromatic nitrogens is 2. The van der Waals surface area contributed by atoms with E-state index < -0.39 is 0 Å². The summed E-state index contributed by atoms with van der Waals surface area (Å²) >= 11 is 0. The molecular formula is C26H35N7O2. The highest BCUT2D eigenvalue weighted by molar-refractivity contribution is 5.95. The lowest BCUT2D eigenvalue weighted by Crippen LogP contribution is -2.25. The molecule has 186 valence electrons. The van der Waals surface area contributed by atoms with Gasteiger partial charge in [0.15, 0.2) is 0 Å². The number of nitrogens with two attached hydrogens (primary N) is 2. The van der Waals surface area contributed by atoms with E-state index in [0.29, 0.717) is 30.0 Å². The molecule has 0 saturated heterocycles. The number of ether oxygens (including phenoxy) is 2. The summed E-state index contributed by atoms with van der Waals surface area (Å²) in [5.74, 6) is 1.63. The zero-order valence-corrected chi connectivity index (χ0v) is 20.2. The summed E-state index contributed by atoms with van der Waals surface area (Å²) < 4.78 is 15.6. The maximum absolute atomic E-state index is 8.51. The van der Waals surface area contributed by atoms with Gasteiger partial charge in [-0.15, -0.1) is 0 Å². The third-order valence-electron chi connectivity index (χ3n) is 5.73. The molecule has 3 rings (SSSR count). The van der Waals surface area contributed by atoms with E-state index in [1.807, 2.05) is 46.5 Å². The van der Waals surface area contributed by atoms with Gasteiger partial charge in [-0.1, -0.05) is 0 Å².